The third-order valence-corrected chi connectivity index (χ3v) is 4.86. The van der Waals surface area contributed by atoms with Gasteiger partial charge in [-0.1, -0.05) is 12.8 Å². The van der Waals surface area contributed by atoms with Gasteiger partial charge in [0.15, 0.2) is 0 Å². The lowest BCUT2D eigenvalue weighted by Crippen LogP contribution is -2.51. The maximum atomic E-state index is 12.3. The molecule has 1 saturated carbocycles. The van der Waals surface area contributed by atoms with Gasteiger partial charge >= 0.3 is 6.09 Å². The number of likely N-dealkylation sites (tertiary alicyclic amines) is 1. The van der Waals surface area contributed by atoms with Crippen LogP contribution in [0.15, 0.2) is 0 Å². The van der Waals surface area contributed by atoms with Gasteiger partial charge in [-0.2, -0.15) is 0 Å². The van der Waals surface area contributed by atoms with Gasteiger partial charge in [-0.05, 0) is 46.1 Å². The normalized spacial score (nSPS) is 32.1. The standard InChI is InChI=1S/C17H33N3O3/c1-17(2,3)23-16(21)20-10-14(15(11-20)22-4)19-13-8-6-5-7-12(13)9-18/h12-15,19H,5-11,18H2,1-4H3/t12?,13?,14?,15-/m0/s1. The van der Waals surface area contributed by atoms with E-state index in [0.29, 0.717) is 25.0 Å². The number of methoxy groups -OCH3 is 1. The van der Waals surface area contributed by atoms with Crippen LogP contribution >= 0.6 is 0 Å². The largest absolute Gasteiger partial charge is 0.444 e. The van der Waals surface area contributed by atoms with Gasteiger partial charge in [0.25, 0.3) is 0 Å². The van der Waals surface area contributed by atoms with Crippen LogP contribution in [0, 0.1) is 5.92 Å². The highest BCUT2D eigenvalue weighted by Crippen LogP contribution is 2.26. The second-order valence-corrected chi connectivity index (χ2v) is 7.82. The van der Waals surface area contributed by atoms with Crippen molar-refractivity contribution in [3.8, 4) is 0 Å². The lowest BCUT2D eigenvalue weighted by Gasteiger charge is -2.34. The molecule has 0 radical (unpaired) electrons. The predicted octanol–water partition coefficient (Wildman–Crippen LogP) is 1.73. The van der Waals surface area contributed by atoms with Crippen molar-refractivity contribution in [2.45, 2.75) is 70.2 Å². The van der Waals surface area contributed by atoms with Crippen molar-refractivity contribution in [1.82, 2.24) is 10.2 Å². The Hall–Kier alpha value is -0.850. The quantitative estimate of drug-likeness (QED) is 0.822. The number of carbonyl (C=O) groups excluding carboxylic acids is 1. The number of nitrogens with zero attached hydrogens (tertiary/aromatic N) is 1. The number of carbonyl (C=O) groups is 1. The van der Waals surface area contributed by atoms with Crippen molar-refractivity contribution in [3.05, 3.63) is 0 Å². The highest BCUT2D eigenvalue weighted by Gasteiger charge is 2.39. The molecule has 2 rings (SSSR count). The Morgan fingerprint density at radius 1 is 1.22 bits per heavy atom. The molecule has 1 aliphatic carbocycles. The van der Waals surface area contributed by atoms with Crippen LogP contribution in [-0.4, -0.2) is 61.5 Å². The summed E-state index contributed by atoms with van der Waals surface area (Å²) in [6.07, 6.45) is 4.59. The number of ether oxygens (including phenoxy) is 2. The third-order valence-electron chi connectivity index (χ3n) is 4.86. The summed E-state index contributed by atoms with van der Waals surface area (Å²) < 4.78 is 11.1. The first kappa shape index (κ1) is 18.5. The minimum atomic E-state index is -0.473. The minimum absolute atomic E-state index is 0.00266. The van der Waals surface area contributed by atoms with Crippen molar-refractivity contribution >= 4 is 6.09 Å². The van der Waals surface area contributed by atoms with Crippen LogP contribution in [0.2, 0.25) is 0 Å². The molecule has 1 saturated heterocycles. The maximum absolute atomic E-state index is 12.3. The molecule has 0 bridgehead atoms. The van der Waals surface area contributed by atoms with Gasteiger partial charge in [0.05, 0.1) is 18.7 Å². The topological polar surface area (TPSA) is 76.8 Å². The summed E-state index contributed by atoms with van der Waals surface area (Å²) in [7, 11) is 1.71. The van der Waals surface area contributed by atoms with E-state index in [1.165, 1.54) is 19.3 Å². The molecular formula is C17H33N3O3. The fourth-order valence-electron chi connectivity index (χ4n) is 3.63. The first-order chi connectivity index (χ1) is 10.8. The Kier molecular flexibility index (Phi) is 6.28. The molecule has 1 heterocycles. The molecule has 1 aliphatic heterocycles. The van der Waals surface area contributed by atoms with Gasteiger partial charge in [0, 0.05) is 19.7 Å². The Morgan fingerprint density at radius 3 is 2.52 bits per heavy atom. The van der Waals surface area contributed by atoms with Gasteiger partial charge in [-0.25, -0.2) is 4.79 Å². The van der Waals surface area contributed by atoms with Crippen molar-refractivity contribution in [1.29, 1.82) is 0 Å². The molecule has 134 valence electrons. The first-order valence-electron chi connectivity index (χ1n) is 8.81. The van der Waals surface area contributed by atoms with Crippen molar-refractivity contribution in [3.63, 3.8) is 0 Å². The number of nitrogens with one attached hydrogen (secondary N) is 1. The lowest BCUT2D eigenvalue weighted by molar-refractivity contribution is 0.0252. The third kappa shape index (κ3) is 5.06. The van der Waals surface area contributed by atoms with Gasteiger partial charge in [0.1, 0.15) is 5.60 Å². The zero-order chi connectivity index (χ0) is 17.0. The number of nitrogens with two attached hydrogens (primary N) is 1. The number of hydrogen-bond acceptors (Lipinski definition) is 5. The Morgan fingerprint density at radius 2 is 1.91 bits per heavy atom. The number of rotatable bonds is 4. The number of hydrogen-bond donors (Lipinski definition) is 2. The van der Waals surface area contributed by atoms with Crippen LogP contribution in [0.25, 0.3) is 0 Å². The van der Waals surface area contributed by atoms with Gasteiger partial charge in [-0.3, -0.25) is 0 Å². The molecule has 0 aromatic heterocycles. The summed E-state index contributed by atoms with van der Waals surface area (Å²) in [5, 5.41) is 3.71. The van der Waals surface area contributed by atoms with E-state index in [-0.39, 0.29) is 18.2 Å². The molecule has 2 fully saturated rings. The van der Waals surface area contributed by atoms with Gasteiger partial charge < -0.3 is 25.4 Å². The van der Waals surface area contributed by atoms with Crippen molar-refractivity contribution < 1.29 is 14.3 Å². The van der Waals surface area contributed by atoms with E-state index in [0.717, 1.165) is 13.0 Å². The smallest absolute Gasteiger partial charge is 0.410 e. The van der Waals surface area contributed by atoms with Crippen LogP contribution < -0.4 is 11.1 Å². The van der Waals surface area contributed by atoms with Crippen LogP contribution in [0.3, 0.4) is 0 Å². The molecule has 4 atom stereocenters. The second-order valence-electron chi connectivity index (χ2n) is 7.82. The molecule has 2 aliphatic rings. The maximum Gasteiger partial charge on any atom is 0.410 e. The summed E-state index contributed by atoms with van der Waals surface area (Å²) in [6.45, 7) is 7.58. The van der Waals surface area contributed by atoms with E-state index in [4.69, 9.17) is 15.2 Å². The fourth-order valence-corrected chi connectivity index (χ4v) is 3.63. The Bertz CT molecular complexity index is 397. The van der Waals surface area contributed by atoms with Crippen molar-refractivity contribution in [2.24, 2.45) is 11.7 Å². The molecule has 3 N–H and O–H groups in total. The fraction of sp³-hybridized carbons (Fsp3) is 0.941. The molecular weight excluding hydrogens is 294 g/mol. The average molecular weight is 327 g/mol. The second kappa shape index (κ2) is 7.81. The summed E-state index contributed by atoms with van der Waals surface area (Å²) in [5.41, 5.74) is 5.45. The van der Waals surface area contributed by atoms with Crippen LogP contribution in [-0.2, 0) is 9.47 Å². The highest BCUT2D eigenvalue weighted by atomic mass is 16.6. The first-order valence-corrected chi connectivity index (χ1v) is 8.81. The summed E-state index contributed by atoms with van der Waals surface area (Å²) in [5.74, 6) is 0.525. The van der Waals surface area contributed by atoms with E-state index in [2.05, 4.69) is 5.32 Å². The van der Waals surface area contributed by atoms with Crippen LogP contribution in [0.5, 0.6) is 0 Å². The minimum Gasteiger partial charge on any atom is -0.444 e. The molecule has 23 heavy (non-hydrogen) atoms. The molecule has 6 heteroatoms. The summed E-state index contributed by atoms with van der Waals surface area (Å²) >= 11 is 0. The van der Waals surface area contributed by atoms with Crippen LogP contribution in [0.4, 0.5) is 4.79 Å². The molecule has 0 aromatic carbocycles. The Labute approximate surface area is 140 Å². The zero-order valence-electron chi connectivity index (χ0n) is 15.0. The highest BCUT2D eigenvalue weighted by molar-refractivity contribution is 5.68. The molecule has 3 unspecified atom stereocenters. The summed E-state index contributed by atoms with van der Waals surface area (Å²) in [6, 6.07) is 0.569. The predicted molar refractivity (Wildman–Crippen MR) is 90.3 cm³/mol. The number of amides is 1. The monoisotopic (exact) mass is 327 g/mol. The van der Waals surface area contributed by atoms with Gasteiger partial charge in [0.2, 0.25) is 0 Å². The van der Waals surface area contributed by atoms with Gasteiger partial charge in [-0.15, -0.1) is 0 Å². The summed E-state index contributed by atoms with van der Waals surface area (Å²) in [4.78, 5) is 14.0. The molecule has 0 spiro atoms. The van der Waals surface area contributed by atoms with Crippen molar-refractivity contribution in [2.75, 3.05) is 26.7 Å². The average Bonchev–Trinajstić information content (AvgIpc) is 2.89. The zero-order valence-corrected chi connectivity index (χ0v) is 15.0. The molecule has 1 amide bonds. The van der Waals surface area contributed by atoms with E-state index in [9.17, 15) is 4.79 Å². The SMILES string of the molecule is CO[C@H]1CN(C(=O)OC(C)(C)C)CC1NC1CCCCC1CN. The Balaban J connectivity index is 1.94. The lowest BCUT2D eigenvalue weighted by atomic mass is 9.84. The van der Waals surface area contributed by atoms with Crippen LogP contribution in [0.1, 0.15) is 46.5 Å². The molecule has 6 nitrogen and oxygen atoms in total. The molecule has 0 aromatic rings. The van der Waals surface area contributed by atoms with E-state index in [1.54, 1.807) is 12.0 Å². The van der Waals surface area contributed by atoms with E-state index >= 15 is 0 Å². The van der Waals surface area contributed by atoms with E-state index < -0.39 is 5.60 Å². The van der Waals surface area contributed by atoms with E-state index in [1.807, 2.05) is 20.8 Å².